The van der Waals surface area contributed by atoms with E-state index in [0.29, 0.717) is 17.3 Å². The third-order valence-corrected chi connectivity index (χ3v) is 10.3. The number of nitrogens with zero attached hydrogens (tertiary/aromatic N) is 2. The maximum Gasteiger partial charge on any atom is 0.419 e. The molecule has 1 aliphatic rings. The first-order valence-corrected chi connectivity index (χ1v) is 18.5. The number of carboxylic acid groups (broad SMARTS) is 1. The number of benzene rings is 2. The van der Waals surface area contributed by atoms with E-state index in [-0.39, 0.29) is 44.3 Å². The summed E-state index contributed by atoms with van der Waals surface area (Å²) in [5.41, 5.74) is 1.84. The molecule has 0 unspecified atom stereocenters. The Kier molecular flexibility index (Phi) is 9.33. The number of amides is 2. The zero-order valence-corrected chi connectivity index (χ0v) is 24.1. The predicted molar refractivity (Wildman–Crippen MR) is 149 cm³/mol. The van der Waals surface area contributed by atoms with Crippen LogP contribution in [0.2, 0.25) is 25.7 Å². The summed E-state index contributed by atoms with van der Waals surface area (Å²) in [6, 6.07) is 15.0. The van der Waals surface area contributed by atoms with E-state index in [1.807, 2.05) is 30.3 Å². The molecule has 0 atom stereocenters. The van der Waals surface area contributed by atoms with Crippen LogP contribution in [-0.2, 0) is 28.0 Å². The van der Waals surface area contributed by atoms with E-state index in [9.17, 15) is 27.1 Å². The van der Waals surface area contributed by atoms with Crippen LogP contribution in [0.3, 0.4) is 0 Å². The molecule has 2 aromatic carbocycles. The summed E-state index contributed by atoms with van der Waals surface area (Å²) in [7, 11) is -9.38. The lowest BCUT2D eigenvalue weighted by molar-refractivity contribution is -0.123. The van der Waals surface area contributed by atoms with Gasteiger partial charge in [-0.05, 0) is 46.7 Å². The third-order valence-electron chi connectivity index (χ3n) is 5.67. The molecule has 0 saturated carbocycles. The Morgan fingerprint density at radius 1 is 1.11 bits per heavy atom. The van der Waals surface area contributed by atoms with Crippen molar-refractivity contribution in [2.45, 2.75) is 38.7 Å². The van der Waals surface area contributed by atoms with E-state index in [2.05, 4.69) is 24.4 Å². The molecule has 1 fully saturated rings. The molecular formula is C23H34N4O8S2Si. The first-order valence-electron chi connectivity index (χ1n) is 11.8. The molecule has 1 saturated heterocycles. The number of anilines is 1. The molecule has 15 heteroatoms. The Hall–Kier alpha value is -2.82. The molecule has 0 bridgehead atoms. The molecule has 3 rings (SSSR count). The van der Waals surface area contributed by atoms with Gasteiger partial charge in [0.1, 0.15) is 24.6 Å². The zero-order chi connectivity index (χ0) is 28.1. The highest BCUT2D eigenvalue weighted by Crippen LogP contribution is 2.55. The van der Waals surface area contributed by atoms with E-state index in [0.717, 1.165) is 9.87 Å². The lowest BCUT2D eigenvalue weighted by Gasteiger charge is -2.43. The fourth-order valence-electron chi connectivity index (χ4n) is 3.70. The van der Waals surface area contributed by atoms with Gasteiger partial charge in [-0.1, -0.05) is 56.0 Å². The Morgan fingerprint density at radius 3 is 2.42 bits per heavy atom. The van der Waals surface area contributed by atoms with Crippen molar-refractivity contribution in [3.63, 3.8) is 0 Å². The van der Waals surface area contributed by atoms with Crippen LogP contribution in [0.4, 0.5) is 10.5 Å². The van der Waals surface area contributed by atoms with Crippen molar-refractivity contribution in [1.29, 1.82) is 0 Å². The van der Waals surface area contributed by atoms with Crippen LogP contribution in [0, 0.1) is 0 Å². The molecule has 5 N–H and O–H groups in total. The Bertz CT molecular complexity index is 1260. The van der Waals surface area contributed by atoms with Crippen LogP contribution in [0.5, 0.6) is 5.75 Å². The van der Waals surface area contributed by atoms with Crippen LogP contribution in [0.25, 0.3) is 0 Å². The van der Waals surface area contributed by atoms with Crippen LogP contribution >= 0.6 is 11.0 Å². The van der Waals surface area contributed by atoms with Crippen molar-refractivity contribution in [2.75, 3.05) is 23.9 Å². The second kappa shape index (κ2) is 11.9. The van der Waals surface area contributed by atoms with Crippen molar-refractivity contribution in [3.8, 4) is 5.75 Å². The van der Waals surface area contributed by atoms with Gasteiger partial charge in [-0.15, -0.1) is 0 Å². The molecule has 1 aliphatic heterocycles. The van der Waals surface area contributed by atoms with E-state index in [1.54, 1.807) is 18.2 Å². The Morgan fingerprint density at radius 2 is 1.79 bits per heavy atom. The minimum absolute atomic E-state index is 0.0953. The van der Waals surface area contributed by atoms with E-state index >= 15 is 0 Å². The molecule has 2 aromatic rings. The lowest BCUT2D eigenvalue weighted by atomic mass is 10.1. The van der Waals surface area contributed by atoms with Gasteiger partial charge in [0, 0.05) is 21.2 Å². The monoisotopic (exact) mass is 586 g/mol. The first kappa shape index (κ1) is 29.7. The van der Waals surface area contributed by atoms with E-state index < -0.39 is 35.3 Å². The van der Waals surface area contributed by atoms with Gasteiger partial charge in [0.15, 0.2) is 0 Å². The molecule has 12 nitrogen and oxygen atoms in total. The van der Waals surface area contributed by atoms with Crippen LogP contribution in [0.1, 0.15) is 11.1 Å². The highest BCUT2D eigenvalue weighted by molar-refractivity contribution is 8.24. The highest BCUT2D eigenvalue weighted by atomic mass is 32.3. The molecule has 1 heterocycles. The summed E-state index contributed by atoms with van der Waals surface area (Å²) in [6.07, 6.45) is -1.50. The summed E-state index contributed by atoms with van der Waals surface area (Å²) in [5, 5.41) is 8.63. The quantitative estimate of drug-likeness (QED) is 0.234. The van der Waals surface area contributed by atoms with Gasteiger partial charge < -0.3 is 9.84 Å². The van der Waals surface area contributed by atoms with Crippen LogP contribution < -0.4 is 18.5 Å². The van der Waals surface area contributed by atoms with Crippen molar-refractivity contribution in [1.82, 2.24) is 13.7 Å². The largest absolute Gasteiger partial charge is 0.487 e. The molecule has 0 spiro atoms. The van der Waals surface area contributed by atoms with Gasteiger partial charge in [0.2, 0.25) is 0 Å². The van der Waals surface area contributed by atoms with Gasteiger partial charge in [-0.2, -0.15) is 13.1 Å². The number of carbonyl (C=O) groups excluding carboxylic acids is 1. The van der Waals surface area contributed by atoms with Crippen molar-refractivity contribution in [3.05, 3.63) is 59.7 Å². The summed E-state index contributed by atoms with van der Waals surface area (Å²) < 4.78 is 57.6. The molecule has 38 heavy (non-hydrogen) atoms. The maximum atomic E-state index is 12.8. The molecule has 2 amide bonds. The number of carbonyl (C=O) groups is 2. The third kappa shape index (κ3) is 8.09. The van der Waals surface area contributed by atoms with Gasteiger partial charge >= 0.3 is 16.3 Å². The summed E-state index contributed by atoms with van der Waals surface area (Å²) in [4.78, 5) is 23.4. The maximum absolute atomic E-state index is 12.8. The molecular weight excluding hydrogens is 552 g/mol. The number of nitrogens with one attached hydrogen (secondary N) is 2. The van der Waals surface area contributed by atoms with Crippen LogP contribution in [-0.4, -0.2) is 66.6 Å². The topological polar surface area (TPSA) is 169 Å². The first-order chi connectivity index (χ1) is 17.7. The molecule has 0 aromatic heterocycles. The SMILES string of the molecule is C[Si](C)(C)CCN1C(=O)CN(c2ccc(CCNS(=O)(=O)NC(=O)O)cc2OCc2ccccc2)S1(O)O. The molecule has 0 radical (unpaired) electrons. The Balaban J connectivity index is 1.84. The molecule has 210 valence electrons. The minimum Gasteiger partial charge on any atom is -0.487 e. The molecule has 0 aliphatic carbocycles. The van der Waals surface area contributed by atoms with Gasteiger partial charge in [0.05, 0.1) is 0 Å². The second-order valence-corrected chi connectivity index (χ2v) is 18.9. The van der Waals surface area contributed by atoms with Gasteiger partial charge in [-0.25, -0.2) is 18.1 Å². The number of ether oxygens (including phenoxy) is 1. The summed E-state index contributed by atoms with van der Waals surface area (Å²) in [6.45, 7) is 6.52. The normalized spacial score (nSPS) is 16.4. The number of rotatable bonds is 12. The number of hydrogen-bond acceptors (Lipinski definition) is 8. The smallest absolute Gasteiger partial charge is 0.419 e. The zero-order valence-electron chi connectivity index (χ0n) is 21.5. The minimum atomic E-state index is -4.21. The van der Waals surface area contributed by atoms with Gasteiger partial charge in [-0.3, -0.25) is 13.9 Å². The van der Waals surface area contributed by atoms with Crippen molar-refractivity contribution < 1.29 is 37.0 Å². The highest BCUT2D eigenvalue weighted by Gasteiger charge is 2.44. The summed E-state index contributed by atoms with van der Waals surface area (Å²) >= 11 is 0. The van der Waals surface area contributed by atoms with E-state index in [4.69, 9.17) is 9.84 Å². The number of hydrogen-bond donors (Lipinski definition) is 5. The Labute approximate surface area is 225 Å². The van der Waals surface area contributed by atoms with E-state index in [1.165, 1.54) is 9.03 Å². The predicted octanol–water partition coefficient (Wildman–Crippen LogP) is 3.48. The van der Waals surface area contributed by atoms with Crippen LogP contribution in [0.15, 0.2) is 48.5 Å². The average molecular weight is 587 g/mol. The average Bonchev–Trinajstić information content (AvgIpc) is 3.03. The lowest BCUT2D eigenvalue weighted by Crippen LogP contribution is -2.40. The van der Waals surface area contributed by atoms with Gasteiger partial charge in [0.25, 0.3) is 5.91 Å². The fourth-order valence-corrected chi connectivity index (χ4v) is 7.03. The van der Waals surface area contributed by atoms with Crippen molar-refractivity contribution >= 4 is 46.9 Å². The van der Waals surface area contributed by atoms with Crippen molar-refractivity contribution in [2.24, 2.45) is 0 Å². The fraction of sp³-hybridized carbons (Fsp3) is 0.391. The summed E-state index contributed by atoms with van der Waals surface area (Å²) in [5.74, 6) is -0.0978. The second-order valence-electron chi connectivity index (χ2n) is 9.96. The standard InChI is InChI=1S/C23H34N4O8S2Si/c1-38(2,3)14-13-26-22(28)16-27(37(26,33)34)20-10-9-18(11-12-24-36(31,32)25-23(29)30)15-21(20)35-17-19-7-5-4-6-8-19/h4-10,15,24-25,33-34H,11-14,16-17H2,1-3H3,(H,29,30).